The predicted molar refractivity (Wildman–Crippen MR) is 93.2 cm³/mol. The zero-order valence-corrected chi connectivity index (χ0v) is 14.1. The first kappa shape index (κ1) is 15.9. The molecule has 4 heteroatoms. The molecule has 1 unspecified atom stereocenters. The van der Waals surface area contributed by atoms with E-state index in [0.717, 1.165) is 25.4 Å². The van der Waals surface area contributed by atoms with Gasteiger partial charge in [-0.1, -0.05) is 18.6 Å². The number of halogens is 1. The van der Waals surface area contributed by atoms with Crippen LogP contribution in [0.3, 0.4) is 0 Å². The Bertz CT molecular complexity index is 678. The monoisotopic (exact) mass is 328 g/mol. The van der Waals surface area contributed by atoms with Crippen molar-refractivity contribution in [2.75, 3.05) is 26.2 Å². The van der Waals surface area contributed by atoms with Crippen molar-refractivity contribution in [1.82, 2.24) is 9.80 Å². The second-order valence-corrected chi connectivity index (χ2v) is 7.02. The summed E-state index contributed by atoms with van der Waals surface area (Å²) in [6.45, 7) is 5.58. The average molecular weight is 328 g/mol. The highest BCUT2D eigenvalue weighted by Gasteiger charge is 2.28. The molecule has 2 aliphatic rings. The van der Waals surface area contributed by atoms with Gasteiger partial charge in [-0.25, -0.2) is 4.39 Å². The molecule has 24 heavy (non-hydrogen) atoms. The molecule has 2 fully saturated rings. The summed E-state index contributed by atoms with van der Waals surface area (Å²) in [6.07, 6.45) is 5.33. The molecule has 0 spiro atoms. The number of likely N-dealkylation sites (tertiary alicyclic amines) is 2. The molecular formula is C20H25FN2O. The fraction of sp³-hybridized carbons (Fsp3) is 0.500. The highest BCUT2D eigenvalue weighted by molar-refractivity contribution is 5.58. The van der Waals surface area contributed by atoms with Crippen molar-refractivity contribution in [1.29, 1.82) is 0 Å². The van der Waals surface area contributed by atoms with Crippen LogP contribution in [0.15, 0.2) is 40.8 Å². The van der Waals surface area contributed by atoms with E-state index in [1.54, 1.807) is 12.1 Å². The highest BCUT2D eigenvalue weighted by Crippen LogP contribution is 2.27. The summed E-state index contributed by atoms with van der Waals surface area (Å²) in [4.78, 5) is 5.12. The second kappa shape index (κ2) is 7.08. The van der Waals surface area contributed by atoms with Crippen LogP contribution >= 0.6 is 0 Å². The van der Waals surface area contributed by atoms with Crippen LogP contribution in [0, 0.1) is 5.82 Å². The van der Waals surface area contributed by atoms with E-state index in [1.165, 1.54) is 44.8 Å². The van der Waals surface area contributed by atoms with Gasteiger partial charge in [-0.05, 0) is 56.6 Å². The Morgan fingerprint density at radius 3 is 2.67 bits per heavy atom. The molecule has 0 N–H and O–H groups in total. The molecule has 2 aromatic rings. The number of hydrogen-bond donors (Lipinski definition) is 0. The molecule has 4 rings (SSSR count). The lowest BCUT2D eigenvalue weighted by molar-refractivity contribution is 0.159. The van der Waals surface area contributed by atoms with Crippen LogP contribution in [-0.2, 0) is 6.54 Å². The third-order valence-electron chi connectivity index (χ3n) is 5.33. The Hall–Kier alpha value is -1.65. The van der Waals surface area contributed by atoms with Crippen molar-refractivity contribution in [3.8, 4) is 11.3 Å². The summed E-state index contributed by atoms with van der Waals surface area (Å²) in [7, 11) is 0. The smallest absolute Gasteiger partial charge is 0.137 e. The lowest BCUT2D eigenvalue weighted by Crippen LogP contribution is -2.40. The summed E-state index contributed by atoms with van der Waals surface area (Å²) < 4.78 is 19.8. The Morgan fingerprint density at radius 1 is 1.00 bits per heavy atom. The molecule has 1 atom stereocenters. The van der Waals surface area contributed by atoms with Crippen LogP contribution in [-0.4, -0.2) is 42.0 Å². The van der Waals surface area contributed by atoms with Crippen LogP contribution in [0.2, 0.25) is 0 Å². The summed E-state index contributed by atoms with van der Waals surface area (Å²) in [6, 6.07) is 11.3. The number of furan rings is 1. The van der Waals surface area contributed by atoms with Gasteiger partial charge in [0.25, 0.3) is 0 Å². The molecule has 2 aliphatic heterocycles. The first-order valence-electron chi connectivity index (χ1n) is 9.09. The SMILES string of the molecule is Fc1ccccc1-c1ccc(CN2CCC(N3CCCCC3)C2)o1. The Labute approximate surface area is 143 Å². The van der Waals surface area contributed by atoms with Crippen LogP contribution in [0.25, 0.3) is 11.3 Å². The lowest BCUT2D eigenvalue weighted by atomic mass is 10.1. The molecule has 0 amide bonds. The van der Waals surface area contributed by atoms with Gasteiger partial charge in [0.2, 0.25) is 0 Å². The standard InChI is InChI=1S/C20H25FN2O/c21-19-7-3-2-6-18(19)20-9-8-17(24-20)15-22-13-10-16(14-22)23-11-4-1-5-12-23/h2-3,6-9,16H,1,4-5,10-15H2. The molecule has 0 bridgehead atoms. The maximum atomic E-state index is 13.9. The van der Waals surface area contributed by atoms with Gasteiger partial charge in [-0.3, -0.25) is 9.80 Å². The summed E-state index contributed by atoms with van der Waals surface area (Å²) in [5.41, 5.74) is 0.538. The van der Waals surface area contributed by atoms with Crippen LogP contribution in [0.5, 0.6) is 0 Å². The molecule has 128 valence electrons. The first-order chi connectivity index (χ1) is 11.8. The fourth-order valence-electron chi connectivity index (χ4n) is 4.03. The molecule has 1 aromatic carbocycles. The van der Waals surface area contributed by atoms with E-state index in [0.29, 0.717) is 17.4 Å². The number of nitrogens with zero attached hydrogens (tertiary/aromatic N) is 2. The van der Waals surface area contributed by atoms with Gasteiger partial charge >= 0.3 is 0 Å². The van der Waals surface area contributed by atoms with Crippen molar-refractivity contribution in [3.63, 3.8) is 0 Å². The molecule has 0 radical (unpaired) electrons. The van der Waals surface area contributed by atoms with Gasteiger partial charge < -0.3 is 4.42 Å². The largest absolute Gasteiger partial charge is 0.460 e. The van der Waals surface area contributed by atoms with Crippen molar-refractivity contribution in [2.24, 2.45) is 0 Å². The van der Waals surface area contributed by atoms with E-state index in [2.05, 4.69) is 9.80 Å². The molecular weight excluding hydrogens is 303 g/mol. The van der Waals surface area contributed by atoms with Crippen LogP contribution in [0.4, 0.5) is 4.39 Å². The minimum atomic E-state index is -0.232. The molecule has 0 saturated carbocycles. The van der Waals surface area contributed by atoms with Crippen molar-refractivity contribution >= 4 is 0 Å². The Balaban J connectivity index is 1.37. The summed E-state index contributed by atoms with van der Waals surface area (Å²) >= 11 is 0. The van der Waals surface area contributed by atoms with Gasteiger partial charge in [0, 0.05) is 19.1 Å². The highest BCUT2D eigenvalue weighted by atomic mass is 19.1. The lowest BCUT2D eigenvalue weighted by Gasteiger charge is -2.32. The van der Waals surface area contributed by atoms with Crippen molar-refractivity contribution < 1.29 is 8.81 Å². The van der Waals surface area contributed by atoms with Gasteiger partial charge in [0.15, 0.2) is 0 Å². The van der Waals surface area contributed by atoms with Gasteiger partial charge in [-0.2, -0.15) is 0 Å². The number of rotatable bonds is 4. The van der Waals surface area contributed by atoms with E-state index in [1.807, 2.05) is 18.2 Å². The number of piperidine rings is 1. The first-order valence-corrected chi connectivity index (χ1v) is 9.09. The minimum absolute atomic E-state index is 0.232. The van der Waals surface area contributed by atoms with Gasteiger partial charge in [0.1, 0.15) is 17.3 Å². The third-order valence-corrected chi connectivity index (χ3v) is 5.33. The quantitative estimate of drug-likeness (QED) is 0.841. The van der Waals surface area contributed by atoms with Crippen LogP contribution in [0.1, 0.15) is 31.4 Å². The van der Waals surface area contributed by atoms with E-state index < -0.39 is 0 Å². The molecule has 1 aromatic heterocycles. The zero-order chi connectivity index (χ0) is 16.4. The average Bonchev–Trinajstić information content (AvgIpc) is 3.26. The normalized spacial score (nSPS) is 23.0. The van der Waals surface area contributed by atoms with E-state index in [-0.39, 0.29) is 5.82 Å². The summed E-state index contributed by atoms with van der Waals surface area (Å²) in [5, 5.41) is 0. The molecule has 3 heterocycles. The molecule has 2 saturated heterocycles. The minimum Gasteiger partial charge on any atom is -0.460 e. The van der Waals surface area contributed by atoms with Gasteiger partial charge in [-0.15, -0.1) is 0 Å². The Morgan fingerprint density at radius 2 is 1.83 bits per heavy atom. The van der Waals surface area contributed by atoms with Crippen molar-refractivity contribution in [2.45, 2.75) is 38.3 Å². The summed E-state index contributed by atoms with van der Waals surface area (Å²) in [5.74, 6) is 1.31. The second-order valence-electron chi connectivity index (χ2n) is 7.02. The predicted octanol–water partition coefficient (Wildman–Crippen LogP) is 4.15. The fourth-order valence-corrected chi connectivity index (χ4v) is 4.03. The third kappa shape index (κ3) is 3.40. The van der Waals surface area contributed by atoms with Crippen LogP contribution < -0.4 is 0 Å². The van der Waals surface area contributed by atoms with E-state index in [9.17, 15) is 4.39 Å². The number of benzene rings is 1. The van der Waals surface area contributed by atoms with E-state index >= 15 is 0 Å². The molecule has 3 nitrogen and oxygen atoms in total. The maximum absolute atomic E-state index is 13.9. The molecule has 0 aliphatic carbocycles. The topological polar surface area (TPSA) is 19.6 Å². The van der Waals surface area contributed by atoms with E-state index in [4.69, 9.17) is 4.42 Å². The number of hydrogen-bond acceptors (Lipinski definition) is 3. The van der Waals surface area contributed by atoms with Crippen molar-refractivity contribution in [3.05, 3.63) is 48.0 Å². The van der Waals surface area contributed by atoms with Gasteiger partial charge in [0.05, 0.1) is 12.1 Å². The maximum Gasteiger partial charge on any atom is 0.137 e. The zero-order valence-electron chi connectivity index (χ0n) is 14.1. The Kier molecular flexibility index (Phi) is 4.67.